The molecule has 166 valence electrons. The zero-order valence-electron chi connectivity index (χ0n) is 19.0. The molecule has 0 aromatic carbocycles. The number of aromatic nitrogens is 2. The van der Waals surface area contributed by atoms with Crippen molar-refractivity contribution >= 4 is 6.29 Å². The number of H-pyrrole nitrogens is 1. The Bertz CT molecular complexity index is 618. The third kappa shape index (κ3) is 6.10. The summed E-state index contributed by atoms with van der Waals surface area (Å²) < 4.78 is 5.13. The number of ether oxygens (including phenoxy) is 1. The fourth-order valence-electron chi connectivity index (χ4n) is 4.54. The average molecular weight is 408 g/mol. The van der Waals surface area contributed by atoms with E-state index in [1.807, 2.05) is 13.2 Å². The predicted octanol–water partition coefficient (Wildman–Crippen LogP) is 2.17. The number of hydrogen-bond donors (Lipinski definition) is 3. The lowest BCUT2D eigenvalue weighted by Gasteiger charge is -2.49. The Labute approximate surface area is 176 Å². The van der Waals surface area contributed by atoms with Crippen molar-refractivity contribution < 1.29 is 9.53 Å². The number of likely N-dealkylation sites (N-methyl/N-ethyl adjacent to an activating group) is 2. The summed E-state index contributed by atoms with van der Waals surface area (Å²) in [5, 5.41) is 14.3. The van der Waals surface area contributed by atoms with E-state index in [1.165, 1.54) is 17.5 Å². The molecule has 0 radical (unpaired) electrons. The van der Waals surface area contributed by atoms with Gasteiger partial charge in [0, 0.05) is 62.5 Å². The van der Waals surface area contributed by atoms with E-state index < -0.39 is 0 Å². The van der Waals surface area contributed by atoms with E-state index in [4.69, 9.17) is 4.74 Å². The Hall–Kier alpha value is -1.28. The van der Waals surface area contributed by atoms with E-state index in [0.717, 1.165) is 65.0 Å². The van der Waals surface area contributed by atoms with E-state index in [2.05, 4.69) is 46.6 Å². The maximum Gasteiger partial charge on any atom is 0.127 e. The first-order chi connectivity index (χ1) is 13.9. The SMILES string of the molecule is CNCCN(C)Cc1cn[nH]c1C1CCC(C)(C)C(C=O)(CNCCCOC)C1. The van der Waals surface area contributed by atoms with E-state index in [1.54, 1.807) is 7.11 Å². The van der Waals surface area contributed by atoms with Crippen LogP contribution in [0.1, 0.15) is 56.7 Å². The molecule has 7 heteroatoms. The van der Waals surface area contributed by atoms with Gasteiger partial charge in [0.15, 0.2) is 0 Å². The maximum absolute atomic E-state index is 12.4. The number of methoxy groups -OCH3 is 1. The number of nitrogens with one attached hydrogen (secondary N) is 3. The third-order valence-electron chi connectivity index (χ3n) is 6.79. The zero-order chi connectivity index (χ0) is 21.3. The Morgan fingerprint density at radius 1 is 1.41 bits per heavy atom. The lowest BCUT2D eigenvalue weighted by atomic mass is 9.55. The summed E-state index contributed by atoms with van der Waals surface area (Å²) in [6.07, 6.45) is 7.11. The molecular weight excluding hydrogens is 366 g/mol. The topological polar surface area (TPSA) is 82.3 Å². The van der Waals surface area contributed by atoms with Gasteiger partial charge in [-0.15, -0.1) is 0 Å². The van der Waals surface area contributed by atoms with Crippen molar-refractivity contribution in [2.75, 3.05) is 54.0 Å². The van der Waals surface area contributed by atoms with Gasteiger partial charge >= 0.3 is 0 Å². The van der Waals surface area contributed by atoms with E-state index in [9.17, 15) is 4.79 Å². The lowest BCUT2D eigenvalue weighted by molar-refractivity contribution is -0.126. The molecule has 1 aromatic rings. The van der Waals surface area contributed by atoms with Gasteiger partial charge in [0.2, 0.25) is 0 Å². The summed E-state index contributed by atoms with van der Waals surface area (Å²) in [6.45, 7) is 9.64. The normalized spacial score (nSPS) is 24.1. The number of rotatable bonds is 13. The van der Waals surface area contributed by atoms with Crippen LogP contribution in [0.2, 0.25) is 0 Å². The van der Waals surface area contributed by atoms with Gasteiger partial charge in [-0.3, -0.25) is 5.10 Å². The summed E-state index contributed by atoms with van der Waals surface area (Å²) >= 11 is 0. The molecule has 1 fully saturated rings. The molecule has 2 atom stereocenters. The Morgan fingerprint density at radius 3 is 2.90 bits per heavy atom. The number of aromatic amines is 1. The van der Waals surface area contributed by atoms with Crippen molar-refractivity contribution in [2.24, 2.45) is 10.8 Å². The molecular formula is C22H41N5O2. The Kier molecular flexibility index (Phi) is 9.27. The van der Waals surface area contributed by atoms with Crippen LogP contribution in [0.4, 0.5) is 0 Å². The molecule has 0 bridgehead atoms. The summed E-state index contributed by atoms with van der Waals surface area (Å²) in [7, 11) is 5.83. The quantitative estimate of drug-likeness (QED) is 0.343. The predicted molar refractivity (Wildman–Crippen MR) is 117 cm³/mol. The van der Waals surface area contributed by atoms with Crippen LogP contribution in [0.3, 0.4) is 0 Å². The summed E-state index contributed by atoms with van der Waals surface area (Å²) in [6, 6.07) is 0. The van der Waals surface area contributed by atoms with E-state index in [-0.39, 0.29) is 10.8 Å². The van der Waals surface area contributed by atoms with Gasteiger partial charge in [0.1, 0.15) is 6.29 Å². The molecule has 2 unspecified atom stereocenters. The van der Waals surface area contributed by atoms with Crippen molar-refractivity contribution in [3.05, 3.63) is 17.5 Å². The monoisotopic (exact) mass is 407 g/mol. The van der Waals surface area contributed by atoms with Crippen LogP contribution in [0.15, 0.2) is 6.20 Å². The number of hydrogen-bond acceptors (Lipinski definition) is 6. The number of carbonyl (C=O) groups excluding carboxylic acids is 1. The first-order valence-electron chi connectivity index (χ1n) is 10.9. The van der Waals surface area contributed by atoms with Crippen molar-refractivity contribution in [2.45, 2.75) is 52.0 Å². The van der Waals surface area contributed by atoms with Crippen LogP contribution in [0.25, 0.3) is 0 Å². The largest absolute Gasteiger partial charge is 0.385 e. The maximum atomic E-state index is 12.4. The molecule has 0 aliphatic heterocycles. The minimum Gasteiger partial charge on any atom is -0.385 e. The fourth-order valence-corrected chi connectivity index (χ4v) is 4.54. The number of aldehydes is 1. The van der Waals surface area contributed by atoms with Gasteiger partial charge in [-0.05, 0) is 51.7 Å². The molecule has 1 heterocycles. The molecule has 0 amide bonds. The van der Waals surface area contributed by atoms with Gasteiger partial charge < -0.3 is 25.1 Å². The molecule has 0 saturated heterocycles. The van der Waals surface area contributed by atoms with Gasteiger partial charge in [0.05, 0.1) is 6.20 Å². The van der Waals surface area contributed by atoms with E-state index >= 15 is 0 Å². The van der Waals surface area contributed by atoms with Crippen molar-refractivity contribution in [1.29, 1.82) is 0 Å². The van der Waals surface area contributed by atoms with Crippen LogP contribution < -0.4 is 10.6 Å². The standard InChI is InChI=1S/C22H41N5O2/c1-21(2)8-7-18(13-22(21,17-28)16-24-9-6-12-29-5)20-19(14-25-26-20)15-27(4)11-10-23-3/h14,17-18,23-24H,6-13,15-16H2,1-5H3,(H,25,26). The Balaban J connectivity index is 2.09. The fraction of sp³-hybridized carbons (Fsp3) is 0.818. The molecule has 0 spiro atoms. The van der Waals surface area contributed by atoms with Crippen molar-refractivity contribution in [1.82, 2.24) is 25.7 Å². The summed E-state index contributed by atoms with van der Waals surface area (Å²) in [5.41, 5.74) is 2.07. The highest BCUT2D eigenvalue weighted by atomic mass is 16.5. The molecule has 29 heavy (non-hydrogen) atoms. The van der Waals surface area contributed by atoms with Crippen LogP contribution in [-0.4, -0.2) is 75.4 Å². The van der Waals surface area contributed by atoms with Crippen LogP contribution in [0, 0.1) is 10.8 Å². The van der Waals surface area contributed by atoms with Crippen LogP contribution in [-0.2, 0) is 16.1 Å². The molecule has 1 aliphatic carbocycles. The van der Waals surface area contributed by atoms with Gasteiger partial charge in [-0.1, -0.05) is 13.8 Å². The second-order valence-electron chi connectivity index (χ2n) is 9.27. The number of carbonyl (C=O) groups is 1. The van der Waals surface area contributed by atoms with Crippen molar-refractivity contribution in [3.8, 4) is 0 Å². The number of nitrogens with zero attached hydrogens (tertiary/aromatic N) is 2. The molecule has 1 aromatic heterocycles. The second-order valence-corrected chi connectivity index (χ2v) is 9.27. The smallest absolute Gasteiger partial charge is 0.127 e. The minimum atomic E-state index is -0.372. The molecule has 7 nitrogen and oxygen atoms in total. The second kappa shape index (κ2) is 11.2. The van der Waals surface area contributed by atoms with Crippen LogP contribution in [0.5, 0.6) is 0 Å². The summed E-state index contributed by atoms with van der Waals surface area (Å²) in [4.78, 5) is 14.7. The van der Waals surface area contributed by atoms with Gasteiger partial charge in [0.25, 0.3) is 0 Å². The zero-order valence-corrected chi connectivity index (χ0v) is 19.0. The van der Waals surface area contributed by atoms with Gasteiger partial charge in [-0.2, -0.15) is 5.10 Å². The Morgan fingerprint density at radius 2 is 2.21 bits per heavy atom. The van der Waals surface area contributed by atoms with E-state index in [0.29, 0.717) is 5.92 Å². The minimum absolute atomic E-state index is 0.0245. The van der Waals surface area contributed by atoms with Crippen molar-refractivity contribution in [3.63, 3.8) is 0 Å². The molecule has 3 N–H and O–H groups in total. The average Bonchev–Trinajstić information content (AvgIpc) is 3.15. The first kappa shape index (κ1) is 24.0. The highest BCUT2D eigenvalue weighted by Gasteiger charge is 2.49. The highest BCUT2D eigenvalue weighted by Crippen LogP contribution is 2.53. The molecule has 2 rings (SSSR count). The van der Waals surface area contributed by atoms with Gasteiger partial charge in [-0.25, -0.2) is 0 Å². The highest BCUT2D eigenvalue weighted by molar-refractivity contribution is 5.62. The lowest BCUT2D eigenvalue weighted by Crippen LogP contribution is -2.50. The third-order valence-corrected chi connectivity index (χ3v) is 6.79. The molecule has 1 saturated carbocycles. The molecule has 1 aliphatic rings. The summed E-state index contributed by atoms with van der Waals surface area (Å²) in [5.74, 6) is 0.337. The van der Waals surface area contributed by atoms with Crippen LogP contribution >= 0.6 is 0 Å². The first-order valence-corrected chi connectivity index (χ1v) is 10.9.